The molecule has 3 aromatic rings. The van der Waals surface area contributed by atoms with Gasteiger partial charge in [0, 0.05) is 25.2 Å². The summed E-state index contributed by atoms with van der Waals surface area (Å²) in [4.78, 5) is 43.0. The van der Waals surface area contributed by atoms with Crippen LogP contribution in [0.15, 0.2) is 60.7 Å². The van der Waals surface area contributed by atoms with Crippen LogP contribution in [0.1, 0.15) is 62.0 Å². The van der Waals surface area contributed by atoms with Gasteiger partial charge in [-0.1, -0.05) is 80.9 Å². The Balaban J connectivity index is 1.63. The van der Waals surface area contributed by atoms with Crippen LogP contribution in [0.2, 0.25) is 0 Å². The molecule has 2 unspecified atom stereocenters. The summed E-state index contributed by atoms with van der Waals surface area (Å²) in [7, 11) is 0. The van der Waals surface area contributed by atoms with Gasteiger partial charge in [-0.15, -0.1) is 11.8 Å². The van der Waals surface area contributed by atoms with Gasteiger partial charge >= 0.3 is 5.97 Å². The van der Waals surface area contributed by atoms with E-state index in [1.165, 1.54) is 16.7 Å². The Morgan fingerprint density at radius 1 is 1.03 bits per heavy atom. The van der Waals surface area contributed by atoms with E-state index < -0.39 is 17.3 Å². The van der Waals surface area contributed by atoms with Crippen LogP contribution in [0.4, 0.5) is 5.69 Å². The molecule has 1 fully saturated rings. The maximum absolute atomic E-state index is 14.3. The molecule has 0 bridgehead atoms. The number of anilines is 1. The number of carbonyl (C=O) groups is 3. The molecule has 0 spiro atoms. The van der Waals surface area contributed by atoms with Crippen molar-refractivity contribution in [1.29, 1.82) is 0 Å². The zero-order chi connectivity index (χ0) is 27.9. The van der Waals surface area contributed by atoms with E-state index in [1.54, 1.807) is 0 Å². The first kappa shape index (κ1) is 27.3. The number of nitrogens with zero attached hydrogens (tertiary/aromatic N) is 2. The van der Waals surface area contributed by atoms with Gasteiger partial charge < -0.3 is 14.9 Å². The highest BCUT2D eigenvalue weighted by atomic mass is 32.2. The second-order valence-corrected chi connectivity index (χ2v) is 13.2. The molecule has 1 N–H and O–H groups in total. The molecule has 2 heterocycles. The molecule has 0 saturated carbocycles. The molecule has 0 radical (unpaired) electrons. The van der Waals surface area contributed by atoms with Gasteiger partial charge in [0.1, 0.15) is 6.04 Å². The molecule has 6 nitrogen and oxygen atoms in total. The van der Waals surface area contributed by atoms with Crippen LogP contribution in [-0.4, -0.2) is 52.2 Å². The first-order valence-corrected chi connectivity index (χ1v) is 14.5. The predicted molar refractivity (Wildman–Crippen MR) is 157 cm³/mol. The molecule has 3 atom stereocenters. The van der Waals surface area contributed by atoms with Crippen molar-refractivity contribution in [3.63, 3.8) is 0 Å². The average Bonchev–Trinajstić information content (AvgIpc) is 3.36. The molecule has 0 aliphatic carbocycles. The second-order valence-electron chi connectivity index (χ2n) is 11.9. The summed E-state index contributed by atoms with van der Waals surface area (Å²) in [6, 6.07) is 20.0. The van der Waals surface area contributed by atoms with Gasteiger partial charge in [-0.25, -0.2) is 4.79 Å². The highest BCUT2D eigenvalue weighted by Crippen LogP contribution is 2.49. The minimum atomic E-state index is -0.980. The maximum Gasteiger partial charge on any atom is 0.326 e. The Hall–Kier alpha value is -3.32. The van der Waals surface area contributed by atoms with Crippen molar-refractivity contribution in [2.75, 3.05) is 18.0 Å². The summed E-state index contributed by atoms with van der Waals surface area (Å²) < 4.78 is 0. The van der Waals surface area contributed by atoms with Crippen LogP contribution in [0.3, 0.4) is 0 Å². The van der Waals surface area contributed by atoms with Crippen LogP contribution in [0.5, 0.6) is 0 Å². The van der Waals surface area contributed by atoms with Gasteiger partial charge in [0.2, 0.25) is 11.8 Å². The van der Waals surface area contributed by atoms with E-state index in [0.717, 1.165) is 33.2 Å². The number of likely N-dealkylation sites (tertiary alicyclic amines) is 1. The minimum Gasteiger partial charge on any atom is -0.480 e. The molecule has 39 heavy (non-hydrogen) atoms. The fourth-order valence-electron chi connectivity index (χ4n) is 5.81. The van der Waals surface area contributed by atoms with Crippen molar-refractivity contribution in [2.45, 2.75) is 63.5 Å². The highest BCUT2D eigenvalue weighted by molar-refractivity contribution is 8.01. The number of hydrogen-bond acceptors (Lipinski definition) is 4. The van der Waals surface area contributed by atoms with E-state index in [9.17, 15) is 19.5 Å². The van der Waals surface area contributed by atoms with Crippen molar-refractivity contribution >= 4 is 46.0 Å². The van der Waals surface area contributed by atoms with Gasteiger partial charge in [-0.3, -0.25) is 9.59 Å². The molecule has 1 saturated heterocycles. The van der Waals surface area contributed by atoms with Crippen LogP contribution in [-0.2, 0) is 14.4 Å². The zero-order valence-electron chi connectivity index (χ0n) is 23.0. The van der Waals surface area contributed by atoms with Gasteiger partial charge in [-0.2, -0.15) is 0 Å². The fraction of sp³-hybridized carbons (Fsp3) is 0.406. The number of hydrogen-bond donors (Lipinski definition) is 1. The van der Waals surface area contributed by atoms with Gasteiger partial charge in [-0.05, 0) is 53.1 Å². The number of carboxylic acid groups (broad SMARTS) is 1. The predicted octanol–water partition coefficient (Wildman–Crippen LogP) is 6.20. The summed E-state index contributed by atoms with van der Waals surface area (Å²) in [5.74, 6) is -1.34. The first-order valence-electron chi connectivity index (χ1n) is 13.6. The number of benzene rings is 3. The third-order valence-corrected chi connectivity index (χ3v) is 9.03. The molecule has 7 heteroatoms. The van der Waals surface area contributed by atoms with Gasteiger partial charge in [0.15, 0.2) is 0 Å². The third kappa shape index (κ3) is 5.55. The molecule has 2 aliphatic heterocycles. The lowest BCUT2D eigenvalue weighted by Gasteiger charge is -2.32. The van der Waals surface area contributed by atoms with Crippen molar-refractivity contribution < 1.29 is 19.5 Å². The number of aryl methyl sites for hydroxylation is 1. The van der Waals surface area contributed by atoms with E-state index in [1.807, 2.05) is 29.2 Å². The summed E-state index contributed by atoms with van der Waals surface area (Å²) in [5, 5.41) is 11.1. The molecule has 204 valence electrons. The Morgan fingerprint density at radius 3 is 2.51 bits per heavy atom. The molecule has 2 aliphatic rings. The van der Waals surface area contributed by atoms with Crippen molar-refractivity contribution in [3.8, 4) is 0 Å². The fourth-order valence-corrected chi connectivity index (χ4v) is 7.31. The summed E-state index contributed by atoms with van der Waals surface area (Å²) in [6.45, 7) is 9.31. The summed E-state index contributed by atoms with van der Waals surface area (Å²) in [5.41, 5.74) is 4.00. The van der Waals surface area contributed by atoms with Crippen LogP contribution >= 0.6 is 11.8 Å². The van der Waals surface area contributed by atoms with Gasteiger partial charge in [0.05, 0.1) is 10.5 Å². The molecule has 3 aromatic carbocycles. The first-order chi connectivity index (χ1) is 18.5. The standard InChI is InChI=1S/C32H36N2O4S/c1-20-14-15-25-24(17-20)29(23-12-7-10-21-9-5-6-11-22(21)23)39-27(30(36)34(25)19-32(2,3)4)18-28(35)33-16-8-13-26(33)31(37)38/h5-7,9-12,14-15,17,26-27,29H,8,13,16,18-19H2,1-4H3,(H,37,38)/t26-,27?,29?/m0/s1. The van der Waals surface area contributed by atoms with Crippen LogP contribution < -0.4 is 4.90 Å². The van der Waals surface area contributed by atoms with Crippen molar-refractivity contribution in [3.05, 3.63) is 77.4 Å². The van der Waals surface area contributed by atoms with E-state index >= 15 is 0 Å². The number of carboxylic acids is 1. The van der Waals surface area contributed by atoms with Gasteiger partial charge in [0.25, 0.3) is 0 Å². The minimum absolute atomic E-state index is 0.0256. The van der Waals surface area contributed by atoms with Crippen molar-refractivity contribution in [2.24, 2.45) is 5.41 Å². The number of carbonyl (C=O) groups excluding carboxylic acids is 2. The number of amides is 2. The van der Waals surface area contributed by atoms with Crippen LogP contribution in [0.25, 0.3) is 10.8 Å². The number of thioether (sulfide) groups is 1. The number of fused-ring (bicyclic) bond motifs is 2. The summed E-state index contributed by atoms with van der Waals surface area (Å²) in [6.07, 6.45) is 1.09. The average molecular weight is 545 g/mol. The van der Waals surface area contributed by atoms with E-state index in [2.05, 4.69) is 64.1 Å². The highest BCUT2D eigenvalue weighted by Gasteiger charge is 2.41. The Kier molecular flexibility index (Phi) is 7.47. The monoisotopic (exact) mass is 544 g/mol. The number of rotatable bonds is 5. The summed E-state index contributed by atoms with van der Waals surface area (Å²) >= 11 is 1.52. The molecule has 2 amide bonds. The Bertz CT molecular complexity index is 1420. The van der Waals surface area contributed by atoms with E-state index in [0.29, 0.717) is 25.9 Å². The Morgan fingerprint density at radius 2 is 1.77 bits per heavy atom. The molecule has 5 rings (SSSR count). The lowest BCUT2D eigenvalue weighted by atomic mass is 9.93. The zero-order valence-corrected chi connectivity index (χ0v) is 23.8. The Labute approximate surface area is 234 Å². The van der Waals surface area contributed by atoms with E-state index in [4.69, 9.17) is 0 Å². The topological polar surface area (TPSA) is 77.9 Å². The quantitative estimate of drug-likeness (QED) is 0.414. The third-order valence-electron chi connectivity index (χ3n) is 7.55. The maximum atomic E-state index is 14.3. The normalized spacial score (nSPS) is 21.6. The molecular weight excluding hydrogens is 508 g/mol. The smallest absolute Gasteiger partial charge is 0.326 e. The molecule has 0 aromatic heterocycles. The lowest BCUT2D eigenvalue weighted by Crippen LogP contribution is -2.45. The van der Waals surface area contributed by atoms with Crippen LogP contribution in [0, 0.1) is 12.3 Å². The SMILES string of the molecule is Cc1ccc2c(c1)C(c1cccc3ccccc13)SC(CC(=O)N1CCC[C@H]1C(=O)O)C(=O)N2CC(C)(C)C. The lowest BCUT2D eigenvalue weighted by molar-refractivity contribution is -0.148. The van der Waals surface area contributed by atoms with Crippen molar-refractivity contribution in [1.82, 2.24) is 4.90 Å². The number of aliphatic carboxylic acids is 1. The molecular formula is C32H36N2O4S. The largest absolute Gasteiger partial charge is 0.480 e. The van der Waals surface area contributed by atoms with E-state index in [-0.39, 0.29) is 28.9 Å². The second kappa shape index (κ2) is 10.7.